The minimum Gasteiger partial charge on any atom is -0.505 e. The molecule has 0 heterocycles. The van der Waals surface area contributed by atoms with Gasteiger partial charge in [0.05, 0.1) is 15.8 Å². The summed E-state index contributed by atoms with van der Waals surface area (Å²) in [5.74, 6) is -1.86. The number of aryl methyl sites for hydroxylation is 1. The summed E-state index contributed by atoms with van der Waals surface area (Å²) < 4.78 is 93.8. The van der Waals surface area contributed by atoms with Crippen LogP contribution in [-0.2, 0) is 39.4 Å². The zero-order valence-corrected chi connectivity index (χ0v) is 28.6. The molecule has 0 aliphatic carbocycles. The number of sulfonamides is 1. The lowest BCUT2D eigenvalue weighted by Crippen LogP contribution is -2.30. The molecule has 0 aliphatic rings. The van der Waals surface area contributed by atoms with Crippen molar-refractivity contribution in [3.63, 3.8) is 0 Å². The lowest BCUT2D eigenvalue weighted by Gasteiger charge is -2.24. The van der Waals surface area contributed by atoms with E-state index in [2.05, 4.69) is 0 Å². The number of aromatic hydroxyl groups is 2. The second kappa shape index (κ2) is 14.4. The molecule has 4 aromatic rings. The van der Waals surface area contributed by atoms with Crippen LogP contribution < -0.4 is 0 Å². The first-order valence-electron chi connectivity index (χ1n) is 12.9. The quantitative estimate of drug-likeness (QED) is 0.147. The maximum atomic E-state index is 13.9. The monoisotopic (exact) mass is 773 g/mol. The van der Waals surface area contributed by atoms with Gasteiger partial charge in [-0.15, -0.1) is 0 Å². The number of phenols is 2. The Bertz CT molecular complexity index is 1990. The Kier molecular flexibility index (Phi) is 11.4. The van der Waals surface area contributed by atoms with Crippen LogP contribution in [0.4, 0.5) is 13.2 Å². The van der Waals surface area contributed by atoms with Gasteiger partial charge in [0.1, 0.15) is 9.79 Å². The van der Waals surface area contributed by atoms with E-state index in [4.69, 9.17) is 46.4 Å². The molecule has 0 aromatic heterocycles. The second-order valence-electron chi connectivity index (χ2n) is 9.83. The minimum absolute atomic E-state index is 0.0132. The highest BCUT2D eigenvalue weighted by Gasteiger charge is 2.31. The molecule has 0 spiro atoms. The Balaban J connectivity index is 1.67. The predicted octanol–water partition coefficient (Wildman–Crippen LogP) is 8.73. The smallest absolute Gasteiger partial charge is 0.446 e. The second-order valence-corrected chi connectivity index (χ2v) is 16.6. The lowest BCUT2D eigenvalue weighted by atomic mass is 10.1. The Morgan fingerprint density at radius 3 is 1.78 bits per heavy atom. The number of thioether (sulfide) groups is 1. The average molecular weight is 776 g/mol. The molecule has 0 bridgehead atoms. The Labute approximate surface area is 287 Å². The van der Waals surface area contributed by atoms with E-state index in [-0.39, 0.29) is 55.3 Å². The molecule has 0 atom stereocenters. The maximum absolute atomic E-state index is 13.9. The first-order valence-corrected chi connectivity index (χ1v) is 18.3. The minimum atomic E-state index is -4.58. The van der Waals surface area contributed by atoms with Crippen molar-refractivity contribution in [1.82, 2.24) is 4.31 Å². The molecule has 2 N–H and O–H groups in total. The topological polar surface area (TPSA) is 112 Å². The zero-order chi connectivity index (χ0) is 34.0. The summed E-state index contributed by atoms with van der Waals surface area (Å²) in [6.07, 6.45) is -0.0477. The number of rotatable bonds is 11. The van der Waals surface area contributed by atoms with Gasteiger partial charge in [-0.05, 0) is 71.3 Å². The van der Waals surface area contributed by atoms with Crippen LogP contribution in [0.2, 0.25) is 20.1 Å². The summed E-state index contributed by atoms with van der Waals surface area (Å²) in [6, 6.07) is 16.0. The van der Waals surface area contributed by atoms with Gasteiger partial charge in [-0.25, -0.2) is 16.8 Å². The molecule has 0 amide bonds. The van der Waals surface area contributed by atoms with E-state index in [9.17, 15) is 40.2 Å². The van der Waals surface area contributed by atoms with Gasteiger partial charge >= 0.3 is 5.51 Å². The van der Waals surface area contributed by atoms with E-state index in [1.165, 1.54) is 30.3 Å². The Morgan fingerprint density at radius 2 is 1.20 bits per heavy atom. The van der Waals surface area contributed by atoms with Crippen LogP contribution in [-0.4, -0.2) is 42.6 Å². The fourth-order valence-corrected chi connectivity index (χ4v) is 9.21. The third-order valence-corrected chi connectivity index (χ3v) is 11.7. The number of hydrogen-bond acceptors (Lipinski definition) is 7. The predicted molar refractivity (Wildman–Crippen MR) is 173 cm³/mol. The lowest BCUT2D eigenvalue weighted by molar-refractivity contribution is -0.0328. The summed E-state index contributed by atoms with van der Waals surface area (Å²) in [7, 11) is -8.64. The molecule has 0 saturated heterocycles. The molecule has 0 unspecified atom stereocenters. The summed E-state index contributed by atoms with van der Waals surface area (Å²) in [5.41, 5.74) is -3.48. The van der Waals surface area contributed by atoms with Crippen LogP contribution in [0.15, 0.2) is 87.5 Å². The van der Waals surface area contributed by atoms with Crippen LogP contribution in [0, 0.1) is 0 Å². The highest BCUT2D eigenvalue weighted by molar-refractivity contribution is 8.00. The number of halogens is 7. The van der Waals surface area contributed by atoms with E-state index < -0.39 is 59.0 Å². The maximum Gasteiger partial charge on any atom is 0.446 e. The van der Waals surface area contributed by atoms with Crippen molar-refractivity contribution in [2.45, 2.75) is 39.7 Å². The number of alkyl halides is 3. The highest BCUT2D eigenvalue weighted by atomic mass is 35.5. The van der Waals surface area contributed by atoms with Crippen molar-refractivity contribution in [3.05, 3.63) is 110 Å². The highest BCUT2D eigenvalue weighted by Crippen LogP contribution is 2.39. The van der Waals surface area contributed by atoms with Crippen LogP contribution in [0.3, 0.4) is 0 Å². The molecule has 246 valence electrons. The molecule has 17 heteroatoms. The van der Waals surface area contributed by atoms with Gasteiger partial charge in [-0.3, -0.25) is 0 Å². The van der Waals surface area contributed by atoms with Crippen molar-refractivity contribution >= 4 is 78.0 Å². The average Bonchev–Trinajstić information content (AvgIpc) is 2.95. The molecule has 0 radical (unpaired) electrons. The molecule has 4 aromatic carbocycles. The van der Waals surface area contributed by atoms with E-state index in [0.29, 0.717) is 11.1 Å². The molecular weight excluding hydrogens is 753 g/mol. The van der Waals surface area contributed by atoms with Gasteiger partial charge in [0.2, 0.25) is 10.0 Å². The number of benzene rings is 4. The van der Waals surface area contributed by atoms with Crippen molar-refractivity contribution in [3.8, 4) is 11.5 Å². The molecular formula is C29H22Cl4F3NO6S3. The van der Waals surface area contributed by atoms with Gasteiger partial charge in [0.25, 0.3) is 0 Å². The van der Waals surface area contributed by atoms with Crippen LogP contribution in [0.1, 0.15) is 16.7 Å². The number of sulfone groups is 1. The first kappa shape index (κ1) is 36.5. The van der Waals surface area contributed by atoms with E-state index >= 15 is 0 Å². The van der Waals surface area contributed by atoms with Gasteiger partial charge in [-0.2, -0.15) is 17.5 Å². The third-order valence-electron chi connectivity index (χ3n) is 6.44. The summed E-state index contributed by atoms with van der Waals surface area (Å²) in [6.45, 7) is -0.751. The van der Waals surface area contributed by atoms with Crippen LogP contribution in [0.25, 0.3) is 0 Å². The largest absolute Gasteiger partial charge is 0.505 e. The normalized spacial score (nSPS) is 12.5. The molecule has 46 heavy (non-hydrogen) atoms. The van der Waals surface area contributed by atoms with Gasteiger partial charge in [-0.1, -0.05) is 82.8 Å². The summed E-state index contributed by atoms with van der Waals surface area (Å²) in [5, 5.41) is 20.1. The standard InChI is InChI=1S/C29H22Cl4F3NO6S3/c30-20-11-23(32)27(38)25(13-20)45(40,41)8-7-17-3-1-4-18(9-17)15-37(16-19-5-2-6-22(10-19)44-29(34,35)36)46(42,43)26-14-21(31)12-24(33)28(26)39/h1-6,9-14,38-39H,7-8,15-16H2. The molecule has 4 rings (SSSR count). The van der Waals surface area contributed by atoms with E-state index in [1.807, 2.05) is 0 Å². The van der Waals surface area contributed by atoms with Crippen molar-refractivity contribution in [1.29, 1.82) is 0 Å². The van der Waals surface area contributed by atoms with Crippen LogP contribution >= 0.6 is 58.2 Å². The van der Waals surface area contributed by atoms with Gasteiger partial charge in [0.15, 0.2) is 21.3 Å². The fourth-order valence-electron chi connectivity index (χ4n) is 4.38. The van der Waals surface area contributed by atoms with Crippen molar-refractivity contribution in [2.75, 3.05) is 5.75 Å². The van der Waals surface area contributed by atoms with Crippen molar-refractivity contribution < 1.29 is 40.2 Å². The SMILES string of the molecule is O=S(=O)(CCc1cccc(CN(Cc2cccc(SC(F)(F)F)c2)S(=O)(=O)c2cc(Cl)cc(Cl)c2O)c1)c1cc(Cl)cc(Cl)c1O. The van der Waals surface area contributed by atoms with Crippen LogP contribution in [0.5, 0.6) is 11.5 Å². The first-order chi connectivity index (χ1) is 21.4. The number of hydrogen-bond donors (Lipinski definition) is 2. The van der Waals surface area contributed by atoms with Gasteiger partial charge in [0, 0.05) is 28.0 Å². The zero-order valence-electron chi connectivity index (χ0n) is 23.1. The molecule has 0 aliphatic heterocycles. The number of nitrogens with zero attached hydrogens (tertiary/aromatic N) is 1. The molecule has 0 saturated carbocycles. The summed E-state index contributed by atoms with van der Waals surface area (Å²) >= 11 is 23.5. The Hall–Kier alpha value is -2.36. The Morgan fingerprint density at radius 1 is 0.696 bits per heavy atom. The van der Waals surface area contributed by atoms with Gasteiger partial charge < -0.3 is 10.2 Å². The summed E-state index contributed by atoms with van der Waals surface area (Å²) in [4.78, 5) is -1.22. The molecule has 0 fully saturated rings. The number of phenolic OH excluding ortho intramolecular Hbond substituents is 2. The third kappa shape index (κ3) is 9.16. The van der Waals surface area contributed by atoms with E-state index in [0.717, 1.165) is 22.5 Å². The van der Waals surface area contributed by atoms with Crippen molar-refractivity contribution in [2.24, 2.45) is 0 Å². The van der Waals surface area contributed by atoms with E-state index in [1.54, 1.807) is 24.3 Å². The molecule has 7 nitrogen and oxygen atoms in total. The fraction of sp³-hybridized carbons (Fsp3) is 0.172.